The molecular formula is C29H37F3N6O2. The zero-order valence-corrected chi connectivity index (χ0v) is 23.2. The van der Waals surface area contributed by atoms with Gasteiger partial charge >= 0.3 is 6.03 Å². The maximum absolute atomic E-state index is 14.8. The van der Waals surface area contributed by atoms with Gasteiger partial charge in [-0.1, -0.05) is 51.1 Å². The lowest BCUT2D eigenvalue weighted by Crippen LogP contribution is -2.52. The lowest BCUT2D eigenvalue weighted by Gasteiger charge is -2.42. The largest absolute Gasteiger partial charge is 0.378 e. The van der Waals surface area contributed by atoms with Gasteiger partial charge in [-0.15, -0.1) is 0 Å². The van der Waals surface area contributed by atoms with Crippen molar-refractivity contribution < 1.29 is 22.7 Å². The number of ether oxygens (including phenoxy) is 1. The molecule has 0 spiro atoms. The molecule has 1 saturated heterocycles. The Kier molecular flexibility index (Phi) is 9.47. The number of urea groups is 1. The van der Waals surface area contributed by atoms with Gasteiger partial charge in [-0.2, -0.15) is 5.10 Å². The van der Waals surface area contributed by atoms with Crippen molar-refractivity contribution in [2.75, 3.05) is 39.5 Å². The number of nitrogens with two attached hydrogens (primary N) is 1. The molecule has 0 radical (unpaired) electrons. The topological polar surface area (TPSA) is 89.5 Å². The van der Waals surface area contributed by atoms with Gasteiger partial charge in [0.05, 0.1) is 31.4 Å². The lowest BCUT2D eigenvalue weighted by molar-refractivity contribution is 0.0275. The molecule has 216 valence electrons. The van der Waals surface area contributed by atoms with Crippen molar-refractivity contribution in [2.24, 2.45) is 11.1 Å². The Bertz CT molecular complexity index is 1270. The number of halogens is 3. The standard InChI is InChI=1S/C29H37F3N6O2/c1-29(2,3)25(37(12-11-22(33)18-30)28(39)36-13-15-40-16-14-36)27-34-26(23-17-21(31)9-10-24(23)32)35-38(27)19-20-7-5-4-6-8-20/h4-10,17,22,25H,11-16,18-19,33H2,1-3H3/t22-,25?/m0/s1. The van der Waals surface area contributed by atoms with Crippen LogP contribution in [-0.2, 0) is 11.3 Å². The van der Waals surface area contributed by atoms with Crippen molar-refractivity contribution in [2.45, 2.75) is 45.8 Å². The summed E-state index contributed by atoms with van der Waals surface area (Å²) in [7, 11) is 0. The van der Waals surface area contributed by atoms with Crippen LogP contribution in [0.4, 0.5) is 18.0 Å². The highest BCUT2D eigenvalue weighted by Crippen LogP contribution is 2.39. The fourth-order valence-corrected chi connectivity index (χ4v) is 4.86. The SMILES string of the molecule is CC(C)(C)C(c1nc(-c2cc(F)ccc2F)nn1Cc1ccccc1)N(CC[C@H](N)CF)C(=O)N1CCOCC1. The third-order valence-electron chi connectivity index (χ3n) is 6.89. The van der Waals surface area contributed by atoms with Crippen molar-refractivity contribution >= 4 is 6.03 Å². The summed E-state index contributed by atoms with van der Waals surface area (Å²) in [5.41, 5.74) is 6.19. The Morgan fingerprint density at radius 2 is 1.82 bits per heavy atom. The molecule has 2 amide bonds. The number of morpholine rings is 1. The van der Waals surface area contributed by atoms with Crippen LogP contribution in [0, 0.1) is 17.0 Å². The number of nitrogens with zero attached hydrogens (tertiary/aromatic N) is 5. The average Bonchev–Trinajstić information content (AvgIpc) is 3.34. The molecule has 2 heterocycles. The maximum Gasteiger partial charge on any atom is 0.320 e. The number of amides is 2. The van der Waals surface area contributed by atoms with Crippen LogP contribution < -0.4 is 5.73 Å². The molecule has 8 nitrogen and oxygen atoms in total. The number of rotatable bonds is 9. The van der Waals surface area contributed by atoms with Crippen LogP contribution in [-0.4, -0.2) is 76.2 Å². The molecule has 3 aromatic rings. The smallest absolute Gasteiger partial charge is 0.320 e. The summed E-state index contributed by atoms with van der Waals surface area (Å²) in [6, 6.07) is 11.0. The molecule has 2 aromatic carbocycles. The van der Waals surface area contributed by atoms with Crippen molar-refractivity contribution in [3.05, 3.63) is 71.6 Å². The number of aromatic nitrogens is 3. The van der Waals surface area contributed by atoms with Gasteiger partial charge in [-0.3, -0.25) is 0 Å². The number of hydrogen-bond donors (Lipinski definition) is 1. The second-order valence-electron chi connectivity index (χ2n) is 11.1. The zero-order valence-electron chi connectivity index (χ0n) is 23.2. The minimum atomic E-state index is -0.736. The van der Waals surface area contributed by atoms with Gasteiger partial charge in [0.15, 0.2) is 11.6 Å². The summed E-state index contributed by atoms with van der Waals surface area (Å²) in [6.07, 6.45) is 0.233. The van der Waals surface area contributed by atoms with E-state index in [1.807, 2.05) is 51.1 Å². The molecule has 0 aliphatic carbocycles. The quantitative estimate of drug-likeness (QED) is 0.408. The zero-order chi connectivity index (χ0) is 28.9. The minimum absolute atomic E-state index is 0.0106. The van der Waals surface area contributed by atoms with Crippen LogP contribution in [0.3, 0.4) is 0 Å². The van der Waals surface area contributed by atoms with Crippen molar-refractivity contribution in [3.63, 3.8) is 0 Å². The van der Waals surface area contributed by atoms with E-state index >= 15 is 0 Å². The molecule has 0 saturated carbocycles. The second-order valence-corrected chi connectivity index (χ2v) is 11.1. The molecule has 1 aliphatic heterocycles. The van der Waals surface area contributed by atoms with Crippen LogP contribution in [0.5, 0.6) is 0 Å². The molecule has 2 N–H and O–H groups in total. The molecule has 1 aliphatic rings. The number of carbonyl (C=O) groups is 1. The van der Waals surface area contributed by atoms with Gasteiger partial charge in [-0.25, -0.2) is 27.6 Å². The first kappa shape index (κ1) is 29.5. The molecule has 40 heavy (non-hydrogen) atoms. The van der Waals surface area contributed by atoms with Crippen molar-refractivity contribution in [1.82, 2.24) is 24.6 Å². The maximum atomic E-state index is 14.8. The van der Waals surface area contributed by atoms with E-state index in [9.17, 15) is 18.0 Å². The Hall–Kier alpha value is -3.44. The van der Waals surface area contributed by atoms with Crippen molar-refractivity contribution in [1.29, 1.82) is 0 Å². The van der Waals surface area contributed by atoms with E-state index in [0.717, 1.165) is 23.8 Å². The molecule has 4 rings (SSSR count). The third-order valence-corrected chi connectivity index (χ3v) is 6.89. The highest BCUT2D eigenvalue weighted by Gasteiger charge is 2.40. The van der Waals surface area contributed by atoms with Gasteiger partial charge in [0, 0.05) is 25.7 Å². The molecule has 1 fully saturated rings. The Morgan fingerprint density at radius 1 is 1.12 bits per heavy atom. The van der Waals surface area contributed by atoms with Crippen molar-refractivity contribution in [3.8, 4) is 11.4 Å². The van der Waals surface area contributed by atoms with E-state index in [1.165, 1.54) is 0 Å². The summed E-state index contributed by atoms with van der Waals surface area (Å²) in [4.78, 5) is 22.1. The van der Waals surface area contributed by atoms with E-state index in [1.54, 1.807) is 14.5 Å². The summed E-state index contributed by atoms with van der Waals surface area (Å²) in [5.74, 6) is -0.858. The molecule has 1 unspecified atom stereocenters. The van der Waals surface area contributed by atoms with Gasteiger partial charge < -0.3 is 20.3 Å². The van der Waals surface area contributed by atoms with E-state index in [4.69, 9.17) is 15.5 Å². The lowest BCUT2D eigenvalue weighted by atomic mass is 9.84. The summed E-state index contributed by atoms with van der Waals surface area (Å²) < 4.78 is 49.4. The Morgan fingerprint density at radius 3 is 2.48 bits per heavy atom. The third kappa shape index (κ3) is 7.00. The number of alkyl halides is 1. The normalized spacial score (nSPS) is 15.6. The molecule has 11 heteroatoms. The Balaban J connectivity index is 1.85. The first-order valence-corrected chi connectivity index (χ1v) is 13.5. The highest BCUT2D eigenvalue weighted by molar-refractivity contribution is 5.75. The van der Waals surface area contributed by atoms with Crippen LogP contribution >= 0.6 is 0 Å². The van der Waals surface area contributed by atoms with Crippen LogP contribution in [0.1, 0.15) is 44.6 Å². The number of carbonyl (C=O) groups excluding carboxylic acids is 1. The minimum Gasteiger partial charge on any atom is -0.378 e. The average molecular weight is 559 g/mol. The molecular weight excluding hydrogens is 521 g/mol. The monoisotopic (exact) mass is 558 g/mol. The fraction of sp³-hybridized carbons (Fsp3) is 0.483. The molecule has 0 bridgehead atoms. The van der Waals surface area contributed by atoms with E-state index in [0.29, 0.717) is 32.1 Å². The summed E-state index contributed by atoms with van der Waals surface area (Å²) in [5, 5.41) is 4.62. The molecule has 2 atom stereocenters. The van der Waals surface area contributed by atoms with Gasteiger partial charge in [-0.05, 0) is 35.6 Å². The van der Waals surface area contributed by atoms with E-state index in [-0.39, 0.29) is 36.9 Å². The van der Waals surface area contributed by atoms with Crippen LogP contribution in [0.15, 0.2) is 48.5 Å². The molecule has 1 aromatic heterocycles. The van der Waals surface area contributed by atoms with Crippen LogP contribution in [0.25, 0.3) is 11.4 Å². The van der Waals surface area contributed by atoms with Crippen LogP contribution in [0.2, 0.25) is 0 Å². The highest BCUT2D eigenvalue weighted by atomic mass is 19.1. The van der Waals surface area contributed by atoms with Gasteiger partial charge in [0.2, 0.25) is 0 Å². The van der Waals surface area contributed by atoms with Gasteiger partial charge in [0.25, 0.3) is 0 Å². The summed E-state index contributed by atoms with van der Waals surface area (Å²) in [6.45, 7) is 7.31. The van der Waals surface area contributed by atoms with E-state index in [2.05, 4.69) is 5.10 Å². The fourth-order valence-electron chi connectivity index (χ4n) is 4.86. The number of hydrogen-bond acceptors (Lipinski definition) is 5. The first-order valence-electron chi connectivity index (χ1n) is 13.5. The Labute approximate surface area is 232 Å². The number of benzene rings is 2. The first-order chi connectivity index (χ1) is 19.1. The summed E-state index contributed by atoms with van der Waals surface area (Å²) >= 11 is 0. The predicted molar refractivity (Wildman–Crippen MR) is 146 cm³/mol. The predicted octanol–water partition coefficient (Wildman–Crippen LogP) is 4.80. The van der Waals surface area contributed by atoms with E-state index < -0.39 is 35.8 Å². The van der Waals surface area contributed by atoms with Gasteiger partial charge in [0.1, 0.15) is 18.3 Å². The second kappa shape index (κ2) is 12.8.